The van der Waals surface area contributed by atoms with Gasteiger partial charge in [-0.05, 0) is 24.3 Å². The number of β-amino-alcohol motifs (C(OH)–C–C–N with tert-alkyl or cyclic N) is 1. The number of amidine groups is 2. The number of hydrogen-bond donors (Lipinski definition) is 2. The van der Waals surface area contributed by atoms with E-state index in [0.29, 0.717) is 61.6 Å². The average Bonchev–Trinajstić information content (AvgIpc) is 3.37. The first kappa shape index (κ1) is 23.2. The minimum Gasteiger partial charge on any atom is -0.491 e. The quantitative estimate of drug-likeness (QED) is 0.555. The Morgan fingerprint density at radius 1 is 1.23 bits per heavy atom. The number of fused-ring (bicyclic) bond motifs is 3. The Labute approximate surface area is 202 Å². The molecule has 0 aliphatic carbocycles. The van der Waals surface area contributed by atoms with Gasteiger partial charge in [-0.25, -0.2) is 4.99 Å². The van der Waals surface area contributed by atoms with E-state index in [9.17, 15) is 9.90 Å². The summed E-state index contributed by atoms with van der Waals surface area (Å²) in [6.45, 7) is 4.70. The maximum atomic E-state index is 12.1. The van der Waals surface area contributed by atoms with Crippen LogP contribution in [0, 0.1) is 0 Å². The fourth-order valence-electron chi connectivity index (χ4n) is 4.49. The van der Waals surface area contributed by atoms with E-state index in [1.807, 2.05) is 11.0 Å². The third-order valence-corrected chi connectivity index (χ3v) is 6.14. The Balaban J connectivity index is 1.46. The number of aliphatic imine (C=N–C) groups is 2. The molecule has 0 bridgehead atoms. The van der Waals surface area contributed by atoms with Crippen LogP contribution in [0.1, 0.15) is 21.6 Å². The number of methoxy groups -OCH3 is 1. The second-order valence-corrected chi connectivity index (χ2v) is 8.43. The van der Waals surface area contributed by atoms with Gasteiger partial charge in [-0.2, -0.15) is 0 Å². The van der Waals surface area contributed by atoms with E-state index in [2.05, 4.69) is 14.9 Å². The van der Waals surface area contributed by atoms with Crippen molar-refractivity contribution in [1.82, 2.24) is 14.8 Å². The zero-order valence-electron chi connectivity index (χ0n) is 19.5. The van der Waals surface area contributed by atoms with Crippen molar-refractivity contribution in [1.29, 1.82) is 0 Å². The van der Waals surface area contributed by atoms with Gasteiger partial charge in [0.2, 0.25) is 0 Å². The summed E-state index contributed by atoms with van der Waals surface area (Å²) < 4.78 is 17.0. The summed E-state index contributed by atoms with van der Waals surface area (Å²) in [6, 6.07) is 6.97. The zero-order valence-corrected chi connectivity index (χ0v) is 19.5. The maximum absolute atomic E-state index is 12.1. The molecule has 3 aliphatic heterocycles. The molecule has 0 radical (unpaired) electrons. The molecule has 1 aromatic heterocycles. The van der Waals surface area contributed by atoms with E-state index in [4.69, 9.17) is 24.9 Å². The molecule has 1 aromatic carbocycles. The fraction of sp³-hybridized carbons (Fsp3) is 0.417. The van der Waals surface area contributed by atoms with Crippen molar-refractivity contribution < 1.29 is 24.1 Å². The van der Waals surface area contributed by atoms with Crippen molar-refractivity contribution in [2.75, 3.05) is 59.7 Å². The first-order chi connectivity index (χ1) is 17.1. The van der Waals surface area contributed by atoms with Crippen LogP contribution in [0.5, 0.6) is 11.5 Å². The molecule has 1 saturated heterocycles. The number of carbonyl (C=O) groups excluding carboxylic acids is 1. The van der Waals surface area contributed by atoms with Crippen LogP contribution in [0.2, 0.25) is 0 Å². The molecule has 2 aromatic rings. The number of rotatable bonds is 8. The molecule has 0 spiro atoms. The van der Waals surface area contributed by atoms with Gasteiger partial charge < -0.3 is 30.0 Å². The highest BCUT2D eigenvalue weighted by Crippen LogP contribution is 2.44. The van der Waals surface area contributed by atoms with Gasteiger partial charge in [0, 0.05) is 37.9 Å². The standard InChI is InChI=1S/C24H28N6O5/c1-33-21-18(35-14-15(31)13-29-9-11-34-12-10-29)5-4-17-19(21)28-24(30-8-7-27-23(17)30)20-16(22(25)32)3-2-6-26-20/h2-6,15,31H,7-14H2,1H3,(H2,25,32)/t15-/m1/s1. The van der Waals surface area contributed by atoms with Crippen LogP contribution in [0.4, 0.5) is 5.69 Å². The lowest BCUT2D eigenvalue weighted by Crippen LogP contribution is -2.42. The lowest BCUT2D eigenvalue weighted by molar-refractivity contribution is 0.00446. The number of benzene rings is 1. The molecular weight excluding hydrogens is 452 g/mol. The van der Waals surface area contributed by atoms with Crippen molar-refractivity contribution in [3.05, 3.63) is 47.3 Å². The molecule has 1 atom stereocenters. The molecule has 35 heavy (non-hydrogen) atoms. The van der Waals surface area contributed by atoms with Crippen LogP contribution < -0.4 is 15.2 Å². The van der Waals surface area contributed by atoms with Crippen molar-refractivity contribution >= 4 is 23.3 Å². The third-order valence-electron chi connectivity index (χ3n) is 6.14. The predicted octanol–water partition coefficient (Wildman–Crippen LogP) is 0.415. The molecule has 0 unspecified atom stereocenters. The Kier molecular flexibility index (Phi) is 6.62. The van der Waals surface area contributed by atoms with Crippen LogP contribution in [-0.2, 0) is 4.74 Å². The molecule has 1 fully saturated rings. The predicted molar refractivity (Wildman–Crippen MR) is 129 cm³/mol. The number of aromatic nitrogens is 1. The van der Waals surface area contributed by atoms with E-state index in [1.54, 1.807) is 31.5 Å². The third kappa shape index (κ3) is 4.57. The first-order valence-corrected chi connectivity index (χ1v) is 11.5. The van der Waals surface area contributed by atoms with E-state index in [0.717, 1.165) is 24.5 Å². The van der Waals surface area contributed by atoms with Crippen LogP contribution in [-0.4, -0.2) is 103 Å². The number of hydrogen-bond acceptors (Lipinski definition) is 10. The number of aliphatic hydroxyl groups excluding tert-OH is 1. The zero-order chi connectivity index (χ0) is 24.4. The second-order valence-electron chi connectivity index (χ2n) is 8.43. The summed E-state index contributed by atoms with van der Waals surface area (Å²) in [4.78, 5) is 30.1. The minimum atomic E-state index is -0.672. The summed E-state index contributed by atoms with van der Waals surface area (Å²) in [7, 11) is 1.54. The van der Waals surface area contributed by atoms with Gasteiger partial charge in [0.25, 0.3) is 5.91 Å². The Morgan fingerprint density at radius 3 is 2.83 bits per heavy atom. The topological polar surface area (TPSA) is 135 Å². The molecule has 184 valence electrons. The van der Waals surface area contributed by atoms with Crippen molar-refractivity contribution in [2.24, 2.45) is 15.7 Å². The SMILES string of the molecule is COc1c(OC[C@H](O)CN2CCOCC2)ccc2c1N=C(c1ncccc1C(N)=O)N1CCN=C21. The number of pyridine rings is 1. The lowest BCUT2D eigenvalue weighted by Gasteiger charge is -2.29. The van der Waals surface area contributed by atoms with Gasteiger partial charge in [-0.15, -0.1) is 0 Å². The normalized spacial score (nSPS) is 18.3. The highest BCUT2D eigenvalue weighted by molar-refractivity contribution is 6.22. The Hall–Kier alpha value is -3.54. The van der Waals surface area contributed by atoms with Crippen molar-refractivity contribution in [3.63, 3.8) is 0 Å². The van der Waals surface area contributed by atoms with Gasteiger partial charge in [0.05, 0.1) is 32.4 Å². The molecule has 11 heteroatoms. The lowest BCUT2D eigenvalue weighted by atomic mass is 10.1. The number of carbonyl (C=O) groups is 1. The smallest absolute Gasteiger partial charge is 0.251 e. The van der Waals surface area contributed by atoms with E-state index >= 15 is 0 Å². The van der Waals surface area contributed by atoms with Crippen LogP contribution in [0.3, 0.4) is 0 Å². The number of primary amides is 1. The van der Waals surface area contributed by atoms with Gasteiger partial charge in [-0.1, -0.05) is 0 Å². The molecular formula is C24H28N6O5. The molecule has 1 amide bonds. The summed E-state index contributed by atoms with van der Waals surface area (Å²) >= 11 is 0. The summed E-state index contributed by atoms with van der Waals surface area (Å²) in [5.41, 5.74) is 7.59. The van der Waals surface area contributed by atoms with Gasteiger partial charge in [0.1, 0.15) is 29.9 Å². The number of nitrogens with zero attached hydrogens (tertiary/aromatic N) is 5. The fourth-order valence-corrected chi connectivity index (χ4v) is 4.49. The summed E-state index contributed by atoms with van der Waals surface area (Å²) in [5, 5.41) is 10.5. The van der Waals surface area contributed by atoms with Gasteiger partial charge >= 0.3 is 0 Å². The number of aliphatic hydroxyl groups is 1. The van der Waals surface area contributed by atoms with Crippen molar-refractivity contribution in [3.8, 4) is 11.5 Å². The maximum Gasteiger partial charge on any atom is 0.251 e. The van der Waals surface area contributed by atoms with Crippen LogP contribution in [0.15, 0.2) is 40.4 Å². The molecule has 0 saturated carbocycles. The highest BCUT2D eigenvalue weighted by atomic mass is 16.5. The molecule has 11 nitrogen and oxygen atoms in total. The number of nitrogens with two attached hydrogens (primary N) is 1. The number of amides is 1. The van der Waals surface area contributed by atoms with Gasteiger partial charge in [-0.3, -0.25) is 19.7 Å². The summed E-state index contributed by atoms with van der Waals surface area (Å²) in [5.74, 6) is 1.50. The van der Waals surface area contributed by atoms with E-state index < -0.39 is 12.0 Å². The van der Waals surface area contributed by atoms with E-state index in [1.165, 1.54) is 0 Å². The monoisotopic (exact) mass is 480 g/mol. The largest absolute Gasteiger partial charge is 0.491 e. The summed E-state index contributed by atoms with van der Waals surface area (Å²) in [6.07, 6.45) is 0.925. The first-order valence-electron chi connectivity index (χ1n) is 11.5. The molecule has 3 N–H and O–H groups in total. The van der Waals surface area contributed by atoms with Crippen molar-refractivity contribution in [2.45, 2.75) is 6.10 Å². The number of morpholine rings is 1. The van der Waals surface area contributed by atoms with Crippen LogP contribution >= 0.6 is 0 Å². The number of ether oxygens (including phenoxy) is 3. The molecule has 4 heterocycles. The second kappa shape index (κ2) is 9.98. The minimum absolute atomic E-state index is 0.0994. The van der Waals surface area contributed by atoms with Crippen LogP contribution in [0.25, 0.3) is 0 Å². The Bertz CT molecular complexity index is 1180. The highest BCUT2D eigenvalue weighted by Gasteiger charge is 2.35. The molecule has 5 rings (SSSR count). The van der Waals surface area contributed by atoms with Gasteiger partial charge in [0.15, 0.2) is 17.3 Å². The molecule has 3 aliphatic rings. The van der Waals surface area contributed by atoms with E-state index in [-0.39, 0.29) is 12.2 Å². The average molecular weight is 481 g/mol. The Morgan fingerprint density at radius 2 is 2.06 bits per heavy atom.